The third-order valence-corrected chi connectivity index (χ3v) is 7.59. The minimum absolute atomic E-state index is 0. The second-order valence-electron chi connectivity index (χ2n) is 10.5. The number of nitrogens with zero attached hydrogens (tertiary/aromatic N) is 6. The fourth-order valence-electron chi connectivity index (χ4n) is 5.49. The summed E-state index contributed by atoms with van der Waals surface area (Å²) in [6, 6.07) is 46.1. The second kappa shape index (κ2) is 12.4. The summed E-state index contributed by atoms with van der Waals surface area (Å²) < 4.78 is 8.28. The Morgan fingerprint density at radius 3 is 2.33 bits per heavy atom. The van der Waals surface area contributed by atoms with Crippen molar-refractivity contribution in [3.8, 4) is 28.3 Å². The number of hydrogen-bond donors (Lipinski definition) is 0. The van der Waals surface area contributed by atoms with E-state index in [2.05, 4.69) is 32.3 Å². The molecule has 1 radical (unpaired) electrons. The van der Waals surface area contributed by atoms with Crippen molar-refractivity contribution in [1.82, 2.24) is 29.7 Å². The van der Waals surface area contributed by atoms with Crippen molar-refractivity contribution in [3.05, 3.63) is 145 Å². The van der Waals surface area contributed by atoms with E-state index in [-0.39, 0.29) is 20.1 Å². The molecule has 0 spiro atoms. The minimum Gasteiger partial charge on any atom is -0.486 e. The van der Waals surface area contributed by atoms with Gasteiger partial charge in [0, 0.05) is 48.5 Å². The van der Waals surface area contributed by atoms with Crippen LogP contribution in [0.4, 0.5) is 0 Å². The van der Waals surface area contributed by atoms with Crippen LogP contribution in [0.2, 0.25) is 0 Å². The first kappa shape index (κ1) is 29.2. The van der Waals surface area contributed by atoms with Crippen LogP contribution in [0.1, 0.15) is 5.69 Å². The number of furan rings is 1. The van der Waals surface area contributed by atoms with Crippen molar-refractivity contribution >= 4 is 44.1 Å². The number of rotatable bonds is 3. The first-order chi connectivity index (χ1) is 22.2. The zero-order chi connectivity index (χ0) is 30.2. The summed E-state index contributed by atoms with van der Waals surface area (Å²) in [4.78, 5) is 13.9. The molecule has 7 nitrogen and oxygen atoms in total. The predicted octanol–water partition coefficient (Wildman–Crippen LogP) is 8.59. The largest absolute Gasteiger partial charge is 0.486 e. The van der Waals surface area contributed by atoms with E-state index in [4.69, 9.17) is 9.40 Å². The van der Waals surface area contributed by atoms with E-state index in [1.165, 1.54) is 0 Å². The van der Waals surface area contributed by atoms with Crippen molar-refractivity contribution in [3.63, 3.8) is 0 Å². The second-order valence-corrected chi connectivity index (χ2v) is 10.5. The normalized spacial score (nSPS) is 11.0. The van der Waals surface area contributed by atoms with Crippen molar-refractivity contribution in [2.45, 2.75) is 6.92 Å². The number of hydrogen-bond acceptors (Lipinski definition) is 6. The maximum absolute atomic E-state index is 6.26. The third-order valence-electron chi connectivity index (χ3n) is 7.59. The average molecular weight is 773 g/mol. The molecule has 223 valence electrons. The molecule has 0 N–H and O–H groups in total. The molecule has 5 aromatic heterocycles. The van der Waals surface area contributed by atoms with Gasteiger partial charge in [-0.2, -0.15) is 0 Å². The quantitative estimate of drug-likeness (QED) is 0.168. The molecule has 0 saturated heterocycles. The van der Waals surface area contributed by atoms with Crippen LogP contribution >= 0.6 is 0 Å². The molecule has 0 bridgehead atoms. The summed E-state index contributed by atoms with van der Waals surface area (Å²) in [6.45, 7) is 1.96. The smallest absolute Gasteiger partial charge is 0.216 e. The molecule has 4 aromatic carbocycles. The summed E-state index contributed by atoms with van der Waals surface area (Å²) in [6.07, 6.45) is 1.79. The van der Waals surface area contributed by atoms with Crippen LogP contribution in [-0.2, 0) is 20.1 Å². The molecular formula is C38H24IrN6O-2. The molecule has 0 aliphatic heterocycles. The Balaban J connectivity index is 0.000000220. The van der Waals surface area contributed by atoms with Gasteiger partial charge in [-0.25, -0.2) is 4.98 Å². The topological polar surface area (TPSA) is 82.5 Å². The van der Waals surface area contributed by atoms with Crippen molar-refractivity contribution in [2.24, 2.45) is 0 Å². The van der Waals surface area contributed by atoms with Crippen LogP contribution in [0, 0.1) is 19.1 Å². The van der Waals surface area contributed by atoms with E-state index in [9.17, 15) is 0 Å². The van der Waals surface area contributed by atoms with Crippen molar-refractivity contribution < 1.29 is 24.5 Å². The van der Waals surface area contributed by atoms with Gasteiger partial charge in [-0.1, -0.05) is 59.5 Å². The molecule has 9 rings (SSSR count). The number of aromatic nitrogens is 6. The standard InChI is InChI=1S/C27H16N5O.C11H8N.Ir/c1-16-14-15-19-18-11-7-12-21(24(18)33-27(19)28-16)25-29-23-20-10-5-6-13-22(20)30-31-26(23)32(25)17-8-3-2-4-9-17;1-2-6-10(7-3-1)11-8-4-5-9-12-11;/h2-11,13-15H,1H3;1-6,8-9H;/q2*-1;. The van der Waals surface area contributed by atoms with Gasteiger partial charge in [0.15, 0.2) is 5.65 Å². The molecule has 5 heterocycles. The molecule has 0 saturated carbocycles. The minimum atomic E-state index is 0. The molecule has 0 unspecified atom stereocenters. The van der Waals surface area contributed by atoms with E-state index in [1.807, 2.05) is 133 Å². The Kier molecular flexibility index (Phi) is 7.89. The van der Waals surface area contributed by atoms with Gasteiger partial charge in [0.05, 0.1) is 16.9 Å². The van der Waals surface area contributed by atoms with E-state index < -0.39 is 0 Å². The number of fused-ring (bicyclic) bond motifs is 6. The number of aryl methyl sites for hydroxylation is 1. The Morgan fingerprint density at radius 1 is 0.674 bits per heavy atom. The van der Waals surface area contributed by atoms with E-state index in [0.717, 1.165) is 55.4 Å². The predicted molar refractivity (Wildman–Crippen MR) is 177 cm³/mol. The van der Waals surface area contributed by atoms with E-state index in [1.54, 1.807) is 6.20 Å². The fraction of sp³-hybridized carbons (Fsp3) is 0.0263. The average Bonchev–Trinajstić information content (AvgIpc) is 3.68. The van der Waals surface area contributed by atoms with Gasteiger partial charge in [0.1, 0.15) is 5.52 Å². The van der Waals surface area contributed by atoms with Crippen LogP contribution in [0.3, 0.4) is 0 Å². The Morgan fingerprint density at radius 2 is 1.50 bits per heavy atom. The zero-order valence-electron chi connectivity index (χ0n) is 24.5. The van der Waals surface area contributed by atoms with Gasteiger partial charge < -0.3 is 14.0 Å². The maximum atomic E-state index is 6.26. The van der Waals surface area contributed by atoms with Gasteiger partial charge in [0.25, 0.3) is 0 Å². The maximum Gasteiger partial charge on any atom is 0.216 e. The molecule has 9 aromatic rings. The Labute approximate surface area is 278 Å². The van der Waals surface area contributed by atoms with Gasteiger partial charge in [-0.3, -0.25) is 4.98 Å². The molecule has 0 fully saturated rings. The van der Waals surface area contributed by atoms with E-state index >= 15 is 0 Å². The summed E-state index contributed by atoms with van der Waals surface area (Å²) in [7, 11) is 0. The molecular weight excluding hydrogens is 749 g/mol. The van der Waals surface area contributed by atoms with Gasteiger partial charge >= 0.3 is 0 Å². The first-order valence-electron chi connectivity index (χ1n) is 14.5. The van der Waals surface area contributed by atoms with Gasteiger partial charge in [-0.05, 0) is 49.0 Å². The van der Waals surface area contributed by atoms with E-state index in [0.29, 0.717) is 22.8 Å². The number of pyridine rings is 2. The Hall–Kier alpha value is -5.56. The summed E-state index contributed by atoms with van der Waals surface area (Å²) in [5.74, 6) is 0.697. The molecule has 0 aliphatic rings. The number of benzene rings is 4. The SMILES string of the molecule is Cc1ccc2c(n1)oc1c(-c3nc4c5ccccc5nnc4n3-c3ccccc3)[c-]ccc12.[Ir].[c-]1ccccc1-c1ccccn1. The van der Waals surface area contributed by atoms with Crippen LogP contribution < -0.4 is 0 Å². The molecule has 0 aliphatic carbocycles. The summed E-state index contributed by atoms with van der Waals surface area (Å²) >= 11 is 0. The zero-order valence-corrected chi connectivity index (χ0v) is 26.9. The fourth-order valence-corrected chi connectivity index (χ4v) is 5.49. The van der Waals surface area contributed by atoms with Gasteiger partial charge in [-0.15, -0.1) is 64.3 Å². The van der Waals surface area contributed by atoms with Gasteiger partial charge in [0.2, 0.25) is 5.71 Å². The molecule has 8 heteroatoms. The number of imidazole rings is 1. The van der Waals surface area contributed by atoms with Crippen LogP contribution in [0.25, 0.3) is 72.5 Å². The van der Waals surface area contributed by atoms with Crippen molar-refractivity contribution in [1.29, 1.82) is 0 Å². The number of para-hydroxylation sites is 1. The third kappa shape index (κ3) is 5.24. The van der Waals surface area contributed by atoms with Crippen LogP contribution in [0.5, 0.6) is 0 Å². The monoisotopic (exact) mass is 773 g/mol. The molecule has 46 heavy (non-hydrogen) atoms. The molecule has 0 atom stereocenters. The summed E-state index contributed by atoms with van der Waals surface area (Å²) in [5, 5.41) is 11.9. The van der Waals surface area contributed by atoms with Crippen molar-refractivity contribution in [2.75, 3.05) is 0 Å². The summed E-state index contributed by atoms with van der Waals surface area (Å²) in [5.41, 5.74) is 8.21. The first-order valence-corrected chi connectivity index (χ1v) is 14.5. The molecule has 0 amide bonds. The Bertz CT molecular complexity index is 2400. The van der Waals surface area contributed by atoms with Crippen LogP contribution in [-0.4, -0.2) is 29.7 Å². The van der Waals surface area contributed by atoms with Crippen LogP contribution in [0.15, 0.2) is 132 Å².